The highest BCUT2D eigenvalue weighted by atomic mass is 16.4. The first-order valence-electron chi connectivity index (χ1n) is 15.9. The van der Waals surface area contributed by atoms with E-state index in [1.807, 2.05) is 17.9 Å². The van der Waals surface area contributed by atoms with E-state index < -0.39 is 22.7 Å². The van der Waals surface area contributed by atoms with Crippen molar-refractivity contribution in [1.29, 1.82) is 5.26 Å². The Morgan fingerprint density at radius 1 is 1.02 bits per heavy atom. The summed E-state index contributed by atoms with van der Waals surface area (Å²) < 4.78 is 1.87. The molecule has 8 atom stereocenters. The number of allylic oxidation sites excluding steroid dienone is 2. The number of carboxylic acids is 1. The maximum Gasteiger partial charge on any atom is 0.310 e. The number of aromatic nitrogens is 2. The Bertz CT molecular complexity index is 1400. The lowest BCUT2D eigenvalue weighted by atomic mass is 9.32. The number of rotatable bonds is 2. The van der Waals surface area contributed by atoms with Gasteiger partial charge >= 0.3 is 5.97 Å². The molecule has 0 aliphatic heterocycles. The van der Waals surface area contributed by atoms with Crippen LogP contribution in [-0.4, -0.2) is 26.6 Å². The third kappa shape index (κ3) is 3.56. The molecule has 0 bridgehead atoms. The molecule has 0 aromatic carbocycles. The molecule has 1 aromatic heterocycles. The van der Waals surface area contributed by atoms with E-state index in [1.54, 1.807) is 0 Å². The molecule has 6 heteroatoms. The van der Waals surface area contributed by atoms with Gasteiger partial charge in [-0.2, -0.15) is 10.4 Å². The third-order valence-electron chi connectivity index (χ3n) is 14.1. The molecule has 5 aliphatic rings. The van der Waals surface area contributed by atoms with Gasteiger partial charge in [0.2, 0.25) is 0 Å². The molecule has 0 saturated heterocycles. The van der Waals surface area contributed by atoms with E-state index in [-0.39, 0.29) is 45.2 Å². The number of Topliss-reactive ketones (excluding diaryl/α,β-unsaturated/α-hetero) is 1. The summed E-state index contributed by atoms with van der Waals surface area (Å²) in [5.74, 6) is -0.567. The van der Waals surface area contributed by atoms with Crippen molar-refractivity contribution in [3.63, 3.8) is 0 Å². The highest BCUT2D eigenvalue weighted by Crippen LogP contribution is 2.77. The molecular weight excluding hydrogens is 510 g/mol. The zero-order valence-corrected chi connectivity index (χ0v) is 26.4. The molecule has 4 fully saturated rings. The van der Waals surface area contributed by atoms with Gasteiger partial charge in [0.25, 0.3) is 0 Å². The van der Waals surface area contributed by atoms with Gasteiger partial charge in [0.15, 0.2) is 5.78 Å². The Morgan fingerprint density at radius 3 is 2.32 bits per heavy atom. The number of hydrogen-bond acceptors (Lipinski definition) is 4. The van der Waals surface area contributed by atoms with Gasteiger partial charge in [-0.3, -0.25) is 14.3 Å². The second-order valence-electron chi connectivity index (χ2n) is 16.8. The largest absolute Gasteiger partial charge is 0.481 e. The first-order chi connectivity index (χ1) is 19.0. The van der Waals surface area contributed by atoms with Crippen LogP contribution in [0.1, 0.15) is 112 Å². The predicted octanol–water partition coefficient (Wildman–Crippen LogP) is 7.45. The van der Waals surface area contributed by atoms with Gasteiger partial charge in [0.1, 0.15) is 5.92 Å². The maximum absolute atomic E-state index is 13.5. The molecule has 222 valence electrons. The van der Waals surface area contributed by atoms with Crippen LogP contribution < -0.4 is 0 Å². The van der Waals surface area contributed by atoms with Crippen molar-refractivity contribution in [2.75, 3.05) is 0 Å². The number of hydrogen-bond donors (Lipinski definition) is 1. The first-order valence-corrected chi connectivity index (χ1v) is 15.9. The van der Waals surface area contributed by atoms with E-state index in [2.05, 4.69) is 65.8 Å². The minimum Gasteiger partial charge on any atom is -0.481 e. The van der Waals surface area contributed by atoms with E-state index in [1.165, 1.54) is 11.1 Å². The summed E-state index contributed by atoms with van der Waals surface area (Å²) in [7, 11) is 1.96. The molecule has 1 N–H and O–H groups in total. The zero-order chi connectivity index (χ0) is 30.0. The minimum absolute atomic E-state index is 0.00255. The van der Waals surface area contributed by atoms with Crippen LogP contribution in [0.2, 0.25) is 0 Å². The van der Waals surface area contributed by atoms with Crippen molar-refractivity contribution in [3.8, 4) is 6.07 Å². The van der Waals surface area contributed by atoms with E-state index in [4.69, 9.17) is 0 Å². The molecule has 0 radical (unpaired) electrons. The number of carbonyl (C=O) groups is 2. The summed E-state index contributed by atoms with van der Waals surface area (Å²) in [5, 5.41) is 25.6. The Morgan fingerprint density at radius 2 is 1.71 bits per heavy atom. The molecule has 5 aliphatic carbocycles. The zero-order valence-electron chi connectivity index (χ0n) is 26.4. The van der Waals surface area contributed by atoms with Gasteiger partial charge in [-0.15, -0.1) is 0 Å². The maximum atomic E-state index is 13.5. The molecule has 6 nitrogen and oxygen atoms in total. The lowest BCUT2D eigenvalue weighted by Gasteiger charge is -2.71. The lowest BCUT2D eigenvalue weighted by molar-refractivity contribution is -0.191. The van der Waals surface area contributed by atoms with Crippen molar-refractivity contribution in [1.82, 2.24) is 9.78 Å². The summed E-state index contributed by atoms with van der Waals surface area (Å²) in [6.45, 7) is 16.2. The average molecular weight is 560 g/mol. The van der Waals surface area contributed by atoms with Crippen LogP contribution in [-0.2, 0) is 16.6 Å². The smallest absolute Gasteiger partial charge is 0.310 e. The quantitative estimate of drug-likeness (QED) is 0.406. The second kappa shape index (κ2) is 8.57. The van der Waals surface area contributed by atoms with E-state index >= 15 is 0 Å². The fraction of sp³-hybridized carbons (Fsp3) is 0.771. The van der Waals surface area contributed by atoms with Crippen LogP contribution in [0.4, 0.5) is 0 Å². The Kier molecular flexibility index (Phi) is 6.00. The summed E-state index contributed by atoms with van der Waals surface area (Å²) in [6, 6.07) is 2.41. The fourth-order valence-corrected chi connectivity index (χ4v) is 11.7. The van der Waals surface area contributed by atoms with Crippen LogP contribution in [0.25, 0.3) is 5.57 Å². The summed E-state index contributed by atoms with van der Waals surface area (Å²) in [5.41, 5.74) is 2.28. The molecule has 0 spiro atoms. The van der Waals surface area contributed by atoms with Crippen molar-refractivity contribution < 1.29 is 14.7 Å². The topological polar surface area (TPSA) is 96.0 Å². The highest BCUT2D eigenvalue weighted by molar-refractivity contribution is 5.90. The lowest BCUT2D eigenvalue weighted by Crippen LogP contribution is -2.66. The molecule has 4 saturated carbocycles. The van der Waals surface area contributed by atoms with Crippen LogP contribution in [0.5, 0.6) is 0 Å². The molecule has 41 heavy (non-hydrogen) atoms. The van der Waals surface area contributed by atoms with Crippen molar-refractivity contribution in [3.05, 3.63) is 23.5 Å². The van der Waals surface area contributed by atoms with Gasteiger partial charge < -0.3 is 5.11 Å². The van der Waals surface area contributed by atoms with Crippen molar-refractivity contribution >= 4 is 17.3 Å². The Hall–Kier alpha value is -2.42. The number of nitriles is 1. The molecule has 1 aromatic rings. The summed E-state index contributed by atoms with van der Waals surface area (Å²) in [6.07, 6.45) is 11.7. The van der Waals surface area contributed by atoms with Crippen molar-refractivity contribution in [2.45, 2.75) is 106 Å². The summed E-state index contributed by atoms with van der Waals surface area (Å²) >= 11 is 0. The number of fused-ring (bicyclic) bond motifs is 7. The van der Waals surface area contributed by atoms with E-state index in [0.717, 1.165) is 56.9 Å². The Labute approximate surface area is 246 Å². The van der Waals surface area contributed by atoms with Gasteiger partial charge in [-0.25, -0.2) is 0 Å². The minimum atomic E-state index is -0.715. The Balaban J connectivity index is 1.61. The number of carbonyl (C=O) groups excluding carboxylic acids is 1. The van der Waals surface area contributed by atoms with Gasteiger partial charge in [0.05, 0.1) is 17.7 Å². The SMILES string of the molecule is Cn1cc(C2=C3C4CC(C)(C)CCC4(C(=O)O)CCC3(C)C3(C)CCC4C(C)(C)C(=O)C(C#N)CC4(C)C3C2)cn1. The van der Waals surface area contributed by atoms with Crippen molar-refractivity contribution in [2.24, 2.45) is 63.2 Å². The van der Waals surface area contributed by atoms with Crippen LogP contribution >= 0.6 is 0 Å². The number of carboxylic acid groups (broad SMARTS) is 1. The number of ketones is 1. The van der Waals surface area contributed by atoms with Gasteiger partial charge in [-0.1, -0.05) is 54.0 Å². The van der Waals surface area contributed by atoms with Crippen LogP contribution in [0.15, 0.2) is 18.0 Å². The normalized spacial score (nSPS) is 44.6. The predicted molar refractivity (Wildman–Crippen MR) is 158 cm³/mol. The standard InChI is InChI=1S/C35H49N3O3/c1-30(2)11-13-35(29(40)41)14-12-34(7)27(24(35)17-30)23(22-19-37-38(8)20-22)15-26-32(5)16-21(18-36)28(39)31(3,4)25(32)9-10-33(26,34)6/h19-21,24-26H,9-17H2,1-8H3,(H,40,41). The van der Waals surface area contributed by atoms with Gasteiger partial charge in [0, 0.05) is 24.2 Å². The number of aliphatic carboxylic acids is 1. The molecule has 6 rings (SSSR count). The average Bonchev–Trinajstić information content (AvgIpc) is 3.32. The molecule has 1 heterocycles. The summed E-state index contributed by atoms with van der Waals surface area (Å²) in [4.78, 5) is 26.7. The van der Waals surface area contributed by atoms with Crippen LogP contribution in [0, 0.1) is 67.5 Å². The third-order valence-corrected chi connectivity index (χ3v) is 14.1. The fourth-order valence-electron chi connectivity index (χ4n) is 11.7. The first kappa shape index (κ1) is 28.7. The van der Waals surface area contributed by atoms with E-state index in [0.29, 0.717) is 6.42 Å². The van der Waals surface area contributed by atoms with Crippen LogP contribution in [0.3, 0.4) is 0 Å². The molecule has 0 amide bonds. The van der Waals surface area contributed by atoms with E-state index in [9.17, 15) is 20.0 Å². The molecular formula is C35H49N3O3. The highest BCUT2D eigenvalue weighted by Gasteiger charge is 2.71. The number of nitrogens with zero attached hydrogens (tertiary/aromatic N) is 3. The number of aryl methyl sites for hydroxylation is 1. The monoisotopic (exact) mass is 559 g/mol. The molecule has 8 unspecified atom stereocenters. The van der Waals surface area contributed by atoms with Gasteiger partial charge in [-0.05, 0) is 103 Å². The second-order valence-corrected chi connectivity index (χ2v) is 16.8.